The number of urea groups is 1. The van der Waals surface area contributed by atoms with E-state index in [2.05, 4.69) is 16.6 Å². The Morgan fingerprint density at radius 1 is 1.17 bits per heavy atom. The first-order valence-corrected chi connectivity index (χ1v) is 9.32. The van der Waals surface area contributed by atoms with E-state index in [0.29, 0.717) is 11.1 Å². The molecule has 2 aromatic carbocycles. The topological polar surface area (TPSA) is 63.1 Å². The second-order valence-electron chi connectivity index (χ2n) is 5.80. The van der Waals surface area contributed by atoms with Crippen LogP contribution >= 0.6 is 23.5 Å². The van der Waals surface area contributed by atoms with Gasteiger partial charge < -0.3 is 5.32 Å². The summed E-state index contributed by atoms with van der Waals surface area (Å²) in [5.41, 5.74) is -0.915. The molecule has 2 amide bonds. The first kappa shape index (κ1) is 20.8. The van der Waals surface area contributed by atoms with Gasteiger partial charge in [-0.2, -0.15) is 13.2 Å². The smallest absolute Gasteiger partial charge is 0.307 e. The van der Waals surface area contributed by atoms with E-state index in [1.165, 1.54) is 41.9 Å². The number of hydrogen-bond donors (Lipinski definition) is 2. The maximum absolute atomic E-state index is 13.0. The third kappa shape index (κ3) is 4.57. The van der Waals surface area contributed by atoms with E-state index in [9.17, 15) is 22.8 Å². The van der Waals surface area contributed by atoms with Gasteiger partial charge in [0.05, 0.1) is 16.3 Å². The lowest BCUT2D eigenvalue weighted by Gasteiger charge is -2.12. The van der Waals surface area contributed by atoms with Gasteiger partial charge in [0.2, 0.25) is 0 Å². The molecule has 2 N–H and O–H groups in total. The van der Waals surface area contributed by atoms with Gasteiger partial charge in [-0.1, -0.05) is 24.2 Å². The van der Waals surface area contributed by atoms with Gasteiger partial charge in [0.1, 0.15) is 0 Å². The van der Waals surface area contributed by atoms with Crippen molar-refractivity contribution in [2.75, 3.05) is 5.32 Å². The Labute approximate surface area is 172 Å². The number of nitrogens with one attached hydrogen (secondary N) is 2. The number of aromatic nitrogens is 1. The maximum atomic E-state index is 13.0. The number of carbonyl (C=O) groups excluding carboxylic acids is 1. The van der Waals surface area contributed by atoms with Crippen LogP contribution in [0.2, 0.25) is 5.02 Å². The summed E-state index contributed by atoms with van der Waals surface area (Å²) in [6.45, 7) is 3.45. The predicted octanol–water partition coefficient (Wildman–Crippen LogP) is 5.58. The number of carbonyl (C=O) groups is 1. The Hall–Kier alpha value is -2.91. The number of amides is 2. The molecule has 0 radical (unpaired) electrons. The molecule has 0 spiro atoms. The zero-order valence-corrected chi connectivity index (χ0v) is 16.2. The third-order valence-electron chi connectivity index (χ3n) is 3.93. The molecule has 10 heteroatoms. The van der Waals surface area contributed by atoms with Gasteiger partial charge in [0, 0.05) is 17.3 Å². The Morgan fingerprint density at radius 2 is 1.93 bits per heavy atom. The van der Waals surface area contributed by atoms with Gasteiger partial charge in [-0.15, -0.1) is 0 Å². The molecule has 0 saturated carbocycles. The van der Waals surface area contributed by atoms with E-state index in [1.807, 2.05) is 0 Å². The van der Waals surface area contributed by atoms with Crippen molar-refractivity contribution in [3.8, 4) is 5.69 Å². The Kier molecular flexibility index (Phi) is 5.90. The highest BCUT2D eigenvalue weighted by Crippen LogP contribution is 2.31. The fourth-order valence-corrected chi connectivity index (χ4v) is 3.15. The number of halogens is 4. The quantitative estimate of drug-likeness (QED) is 0.522. The molecular formula is C19H13ClF3N3O2S. The highest BCUT2D eigenvalue weighted by Gasteiger charge is 2.30. The molecule has 1 heterocycles. The van der Waals surface area contributed by atoms with Crippen molar-refractivity contribution in [3.63, 3.8) is 0 Å². The molecular weight excluding hydrogens is 427 g/mol. The maximum Gasteiger partial charge on any atom is 0.416 e. The van der Waals surface area contributed by atoms with Crippen LogP contribution in [0.25, 0.3) is 16.5 Å². The Morgan fingerprint density at radius 3 is 2.59 bits per heavy atom. The summed E-state index contributed by atoms with van der Waals surface area (Å²) < 4.78 is 42.6. The first-order valence-electron chi connectivity index (χ1n) is 8.07. The molecule has 0 aliphatic heterocycles. The Balaban J connectivity index is 2.00. The number of alkyl halides is 3. The van der Waals surface area contributed by atoms with Crippen LogP contribution in [0.1, 0.15) is 5.56 Å². The highest BCUT2D eigenvalue weighted by atomic mass is 35.5. The lowest BCUT2D eigenvalue weighted by atomic mass is 10.1. The average Bonchev–Trinajstić information content (AvgIpc) is 2.66. The van der Waals surface area contributed by atoms with Crippen molar-refractivity contribution in [3.05, 3.63) is 81.6 Å². The Bertz CT molecular complexity index is 1160. The van der Waals surface area contributed by atoms with E-state index in [-0.39, 0.29) is 16.1 Å². The molecule has 3 rings (SSSR count). The number of hydrogen-bond acceptors (Lipinski definition) is 3. The molecule has 150 valence electrons. The highest BCUT2D eigenvalue weighted by molar-refractivity contribution is 8.00. The second kappa shape index (κ2) is 8.22. The second-order valence-corrected chi connectivity index (χ2v) is 6.98. The molecule has 3 aromatic rings. The molecule has 0 unspecified atom stereocenters. The molecule has 0 bridgehead atoms. The van der Waals surface area contributed by atoms with Crippen LogP contribution in [0.5, 0.6) is 0 Å². The zero-order valence-electron chi connectivity index (χ0n) is 14.6. The van der Waals surface area contributed by atoms with Gasteiger partial charge in [0.25, 0.3) is 5.56 Å². The molecule has 29 heavy (non-hydrogen) atoms. The van der Waals surface area contributed by atoms with Crippen LogP contribution in [-0.2, 0) is 6.18 Å². The van der Waals surface area contributed by atoms with Gasteiger partial charge in [-0.25, -0.2) is 4.79 Å². The normalized spacial score (nSPS) is 11.3. The van der Waals surface area contributed by atoms with E-state index in [4.69, 9.17) is 11.6 Å². The SMILES string of the molecule is C=CSNC(=O)Nc1ccc(-n2ccc3ccc(C(F)(F)F)cc3c2=O)c(Cl)c1. The summed E-state index contributed by atoms with van der Waals surface area (Å²) >= 11 is 7.23. The number of fused-ring (bicyclic) bond motifs is 1. The summed E-state index contributed by atoms with van der Waals surface area (Å²) in [6.07, 6.45) is -3.13. The lowest BCUT2D eigenvalue weighted by Crippen LogP contribution is -2.22. The van der Waals surface area contributed by atoms with Gasteiger partial charge in [-0.3, -0.25) is 14.1 Å². The minimum Gasteiger partial charge on any atom is -0.307 e. The van der Waals surface area contributed by atoms with Crippen molar-refractivity contribution in [2.45, 2.75) is 6.18 Å². The summed E-state index contributed by atoms with van der Waals surface area (Å²) in [5, 5.41) is 4.42. The summed E-state index contributed by atoms with van der Waals surface area (Å²) in [6, 6.07) is 8.45. The molecule has 0 fully saturated rings. The van der Waals surface area contributed by atoms with Crippen LogP contribution in [0, 0.1) is 0 Å². The van der Waals surface area contributed by atoms with Crippen molar-refractivity contribution >= 4 is 46.0 Å². The van der Waals surface area contributed by atoms with Gasteiger partial charge >= 0.3 is 12.2 Å². The fourth-order valence-electron chi connectivity index (χ4n) is 2.64. The number of pyridine rings is 1. The van der Waals surface area contributed by atoms with Crippen molar-refractivity contribution in [2.24, 2.45) is 0 Å². The van der Waals surface area contributed by atoms with E-state index < -0.39 is 23.3 Å². The molecule has 0 saturated heterocycles. The lowest BCUT2D eigenvalue weighted by molar-refractivity contribution is -0.137. The molecule has 0 aliphatic rings. The fraction of sp³-hybridized carbons (Fsp3) is 0.0526. The molecule has 1 aromatic heterocycles. The van der Waals surface area contributed by atoms with Crippen LogP contribution in [0.4, 0.5) is 23.7 Å². The first-order chi connectivity index (χ1) is 13.7. The minimum atomic E-state index is -4.56. The summed E-state index contributed by atoms with van der Waals surface area (Å²) in [4.78, 5) is 24.5. The number of anilines is 1. The third-order valence-corrected chi connectivity index (χ3v) is 4.71. The van der Waals surface area contributed by atoms with Crippen molar-refractivity contribution in [1.29, 1.82) is 0 Å². The van der Waals surface area contributed by atoms with Crippen LogP contribution in [-0.4, -0.2) is 10.6 Å². The van der Waals surface area contributed by atoms with E-state index in [0.717, 1.165) is 28.6 Å². The predicted molar refractivity (Wildman–Crippen MR) is 109 cm³/mol. The largest absolute Gasteiger partial charge is 0.416 e. The average molecular weight is 440 g/mol. The minimum absolute atomic E-state index is 0.0820. The van der Waals surface area contributed by atoms with Crippen molar-refractivity contribution in [1.82, 2.24) is 9.29 Å². The van der Waals surface area contributed by atoms with E-state index in [1.54, 1.807) is 0 Å². The standard InChI is InChI=1S/C19H13ClF3N3O2S/c1-2-29-25-18(28)24-13-5-6-16(15(20)10-13)26-8-7-11-3-4-12(19(21,22)23)9-14(11)17(26)27/h2-10H,1H2,(H2,24,25,28). The number of benzene rings is 2. The van der Waals surface area contributed by atoms with E-state index >= 15 is 0 Å². The summed E-state index contributed by atoms with van der Waals surface area (Å²) in [5.74, 6) is 0. The van der Waals surface area contributed by atoms with Crippen molar-refractivity contribution < 1.29 is 18.0 Å². The van der Waals surface area contributed by atoms with Crippen LogP contribution < -0.4 is 15.6 Å². The molecule has 5 nitrogen and oxygen atoms in total. The van der Waals surface area contributed by atoms with Gasteiger partial charge in [0.15, 0.2) is 0 Å². The number of nitrogens with zero attached hydrogens (tertiary/aromatic N) is 1. The zero-order chi connectivity index (χ0) is 21.2. The summed E-state index contributed by atoms with van der Waals surface area (Å²) in [7, 11) is 0. The molecule has 0 aliphatic carbocycles. The number of rotatable bonds is 4. The molecule has 0 atom stereocenters. The monoisotopic (exact) mass is 439 g/mol. The van der Waals surface area contributed by atoms with Crippen LogP contribution in [0.3, 0.4) is 0 Å². The van der Waals surface area contributed by atoms with Gasteiger partial charge in [-0.05, 0) is 59.1 Å². The van der Waals surface area contributed by atoms with Crippen LogP contribution in [0.15, 0.2) is 65.4 Å².